The van der Waals surface area contributed by atoms with Crippen LogP contribution < -0.4 is 11.1 Å². The van der Waals surface area contributed by atoms with Gasteiger partial charge in [-0.3, -0.25) is 4.79 Å². The molecule has 1 amide bonds. The number of carbonyl (C=O) groups excluding carboxylic acids is 1. The Bertz CT molecular complexity index is 424. The third kappa shape index (κ3) is 3.95. The number of hydrogen-bond donors (Lipinski definition) is 2. The smallest absolute Gasteiger partial charge is 0.240 e. The summed E-state index contributed by atoms with van der Waals surface area (Å²) < 4.78 is 0. The number of amides is 1. The van der Waals surface area contributed by atoms with Crippen LogP contribution in [0.1, 0.15) is 37.7 Å². The van der Waals surface area contributed by atoms with Crippen molar-refractivity contribution in [1.82, 2.24) is 5.32 Å². The second kappa shape index (κ2) is 6.40. The Hall–Kier alpha value is -1.06. The van der Waals surface area contributed by atoms with Gasteiger partial charge in [0.25, 0.3) is 0 Å². The van der Waals surface area contributed by atoms with E-state index in [1.54, 1.807) is 0 Å². The van der Waals surface area contributed by atoms with Gasteiger partial charge in [0.2, 0.25) is 5.91 Å². The summed E-state index contributed by atoms with van der Waals surface area (Å²) in [5.41, 5.74) is 6.71. The number of nitrogens with two attached hydrogens (primary N) is 1. The highest BCUT2D eigenvalue weighted by molar-refractivity contribution is 6.30. The van der Waals surface area contributed by atoms with Crippen LogP contribution in [-0.2, 0) is 11.2 Å². The van der Waals surface area contributed by atoms with Crippen molar-refractivity contribution in [2.75, 3.05) is 6.54 Å². The molecule has 0 bridgehead atoms. The third-order valence-corrected chi connectivity index (χ3v) is 4.04. The van der Waals surface area contributed by atoms with Crippen molar-refractivity contribution in [2.24, 2.45) is 5.73 Å². The standard InChI is InChI=1S/C15H21ClN2O/c16-13-7-5-12(6-8-13)4-3-11-18-14(19)15(17)9-1-2-10-15/h5-8H,1-4,9-11,17H2,(H,18,19). The summed E-state index contributed by atoms with van der Waals surface area (Å²) in [7, 11) is 0. The first-order valence-corrected chi connectivity index (χ1v) is 7.30. The molecular formula is C15H21ClN2O. The molecule has 0 radical (unpaired) electrons. The molecular weight excluding hydrogens is 260 g/mol. The van der Waals surface area contributed by atoms with Gasteiger partial charge < -0.3 is 11.1 Å². The Labute approximate surface area is 119 Å². The molecule has 0 atom stereocenters. The Morgan fingerprint density at radius 3 is 2.53 bits per heavy atom. The van der Waals surface area contributed by atoms with E-state index in [1.165, 1.54) is 5.56 Å². The first kappa shape index (κ1) is 14.4. The number of carbonyl (C=O) groups is 1. The van der Waals surface area contributed by atoms with Crippen molar-refractivity contribution in [3.8, 4) is 0 Å². The van der Waals surface area contributed by atoms with E-state index >= 15 is 0 Å². The van der Waals surface area contributed by atoms with Crippen LogP contribution >= 0.6 is 11.6 Å². The molecule has 0 spiro atoms. The lowest BCUT2D eigenvalue weighted by molar-refractivity contribution is -0.126. The summed E-state index contributed by atoms with van der Waals surface area (Å²) in [5.74, 6) is 0.0149. The number of aryl methyl sites for hydroxylation is 1. The number of nitrogens with one attached hydrogen (secondary N) is 1. The third-order valence-electron chi connectivity index (χ3n) is 3.79. The van der Waals surface area contributed by atoms with E-state index in [9.17, 15) is 4.79 Å². The van der Waals surface area contributed by atoms with Crippen LogP contribution in [0.15, 0.2) is 24.3 Å². The van der Waals surface area contributed by atoms with Crippen molar-refractivity contribution in [3.05, 3.63) is 34.9 Å². The Morgan fingerprint density at radius 2 is 1.89 bits per heavy atom. The van der Waals surface area contributed by atoms with Gasteiger partial charge in [0.1, 0.15) is 0 Å². The van der Waals surface area contributed by atoms with Gasteiger partial charge in [0.15, 0.2) is 0 Å². The van der Waals surface area contributed by atoms with Crippen LogP contribution in [0.2, 0.25) is 5.02 Å². The zero-order valence-electron chi connectivity index (χ0n) is 11.1. The molecule has 2 rings (SSSR count). The maximum Gasteiger partial charge on any atom is 0.240 e. The maximum atomic E-state index is 12.0. The largest absolute Gasteiger partial charge is 0.354 e. The van der Waals surface area contributed by atoms with Crippen LogP contribution in [-0.4, -0.2) is 18.0 Å². The summed E-state index contributed by atoms with van der Waals surface area (Å²) in [6.45, 7) is 0.681. The first-order valence-electron chi connectivity index (χ1n) is 6.92. The number of rotatable bonds is 5. The first-order chi connectivity index (χ1) is 9.10. The molecule has 0 heterocycles. The lowest BCUT2D eigenvalue weighted by Crippen LogP contribution is -2.52. The normalized spacial score (nSPS) is 17.4. The van der Waals surface area contributed by atoms with E-state index in [0.717, 1.165) is 43.5 Å². The van der Waals surface area contributed by atoms with Crippen molar-refractivity contribution < 1.29 is 4.79 Å². The summed E-state index contributed by atoms with van der Waals surface area (Å²) in [4.78, 5) is 12.0. The summed E-state index contributed by atoms with van der Waals surface area (Å²) in [5, 5.41) is 3.71. The molecule has 19 heavy (non-hydrogen) atoms. The molecule has 1 fully saturated rings. The molecule has 1 aliphatic rings. The molecule has 0 aliphatic heterocycles. The second-order valence-corrected chi connectivity index (χ2v) is 5.79. The average molecular weight is 281 g/mol. The van der Waals surface area contributed by atoms with Gasteiger partial charge in [-0.1, -0.05) is 36.6 Å². The highest BCUT2D eigenvalue weighted by Crippen LogP contribution is 2.27. The van der Waals surface area contributed by atoms with E-state index in [0.29, 0.717) is 6.54 Å². The molecule has 0 saturated heterocycles. The predicted molar refractivity (Wildman–Crippen MR) is 78.2 cm³/mol. The fraction of sp³-hybridized carbons (Fsp3) is 0.533. The lowest BCUT2D eigenvalue weighted by atomic mass is 9.98. The van der Waals surface area contributed by atoms with Gasteiger partial charge in [-0.25, -0.2) is 0 Å². The molecule has 3 N–H and O–H groups in total. The molecule has 4 heteroatoms. The van der Waals surface area contributed by atoms with E-state index in [2.05, 4.69) is 5.32 Å². The number of hydrogen-bond acceptors (Lipinski definition) is 2. The number of halogens is 1. The van der Waals surface area contributed by atoms with E-state index in [1.807, 2.05) is 24.3 Å². The highest BCUT2D eigenvalue weighted by atomic mass is 35.5. The lowest BCUT2D eigenvalue weighted by Gasteiger charge is -2.22. The molecule has 1 aliphatic carbocycles. The minimum atomic E-state index is -0.611. The van der Waals surface area contributed by atoms with Gasteiger partial charge in [-0.15, -0.1) is 0 Å². The highest BCUT2D eigenvalue weighted by Gasteiger charge is 2.36. The fourth-order valence-corrected chi connectivity index (χ4v) is 2.68. The van der Waals surface area contributed by atoms with Gasteiger partial charge in [-0.05, 0) is 43.4 Å². The summed E-state index contributed by atoms with van der Waals surface area (Å²) in [6, 6.07) is 7.82. The zero-order chi connectivity index (χ0) is 13.7. The molecule has 0 unspecified atom stereocenters. The van der Waals surface area contributed by atoms with Crippen LogP contribution in [0.4, 0.5) is 0 Å². The van der Waals surface area contributed by atoms with E-state index in [-0.39, 0.29) is 5.91 Å². The molecule has 1 aromatic carbocycles. The van der Waals surface area contributed by atoms with Crippen molar-refractivity contribution >= 4 is 17.5 Å². The van der Waals surface area contributed by atoms with Crippen molar-refractivity contribution in [1.29, 1.82) is 0 Å². The van der Waals surface area contributed by atoms with Crippen molar-refractivity contribution in [2.45, 2.75) is 44.1 Å². The van der Waals surface area contributed by atoms with Gasteiger partial charge in [0.05, 0.1) is 5.54 Å². The van der Waals surface area contributed by atoms with E-state index in [4.69, 9.17) is 17.3 Å². The van der Waals surface area contributed by atoms with Crippen LogP contribution in [0.3, 0.4) is 0 Å². The SMILES string of the molecule is NC1(C(=O)NCCCc2ccc(Cl)cc2)CCCC1. The molecule has 0 aromatic heterocycles. The summed E-state index contributed by atoms with van der Waals surface area (Å²) >= 11 is 5.83. The molecule has 1 saturated carbocycles. The Balaban J connectivity index is 1.69. The van der Waals surface area contributed by atoms with Crippen LogP contribution in [0.5, 0.6) is 0 Å². The summed E-state index contributed by atoms with van der Waals surface area (Å²) in [6.07, 6.45) is 5.62. The topological polar surface area (TPSA) is 55.1 Å². The minimum Gasteiger partial charge on any atom is -0.354 e. The minimum absolute atomic E-state index is 0.0149. The van der Waals surface area contributed by atoms with E-state index < -0.39 is 5.54 Å². The molecule has 104 valence electrons. The van der Waals surface area contributed by atoms with Crippen molar-refractivity contribution in [3.63, 3.8) is 0 Å². The van der Waals surface area contributed by atoms with Crippen LogP contribution in [0.25, 0.3) is 0 Å². The predicted octanol–water partition coefficient (Wildman–Crippen LogP) is 2.66. The molecule has 1 aromatic rings. The Kier molecular flexibility index (Phi) is 4.83. The molecule has 3 nitrogen and oxygen atoms in total. The van der Waals surface area contributed by atoms with Gasteiger partial charge >= 0.3 is 0 Å². The van der Waals surface area contributed by atoms with Gasteiger partial charge in [0, 0.05) is 11.6 Å². The average Bonchev–Trinajstić information content (AvgIpc) is 2.85. The Morgan fingerprint density at radius 1 is 1.26 bits per heavy atom. The monoisotopic (exact) mass is 280 g/mol. The quantitative estimate of drug-likeness (QED) is 0.815. The fourth-order valence-electron chi connectivity index (χ4n) is 2.55. The maximum absolute atomic E-state index is 12.0. The van der Waals surface area contributed by atoms with Gasteiger partial charge in [-0.2, -0.15) is 0 Å². The van der Waals surface area contributed by atoms with Crippen LogP contribution in [0, 0.1) is 0 Å². The second-order valence-electron chi connectivity index (χ2n) is 5.35. The zero-order valence-corrected chi connectivity index (χ0v) is 11.9. The number of benzene rings is 1.